The molecule has 0 fully saturated rings. The first-order valence-corrected chi connectivity index (χ1v) is 10.3. The number of methoxy groups -OCH3 is 4. The molecule has 170 valence electrons. The number of imidazole rings is 1. The number of para-hydroxylation sites is 1. The molecule has 2 aromatic heterocycles. The SMILES string of the molecule is COc1ccc(-c2nc3ccccn3c2N(C=O)Cc2cccc(OC)c2OC)cc1OC. The molecule has 33 heavy (non-hydrogen) atoms. The second-order valence-corrected chi connectivity index (χ2v) is 7.17. The minimum atomic E-state index is 0.257. The Morgan fingerprint density at radius 3 is 2.36 bits per heavy atom. The van der Waals surface area contributed by atoms with Crippen LogP contribution >= 0.6 is 0 Å². The van der Waals surface area contributed by atoms with Crippen LogP contribution in [-0.4, -0.2) is 44.2 Å². The number of hydrogen-bond donors (Lipinski definition) is 0. The van der Waals surface area contributed by atoms with Crippen molar-refractivity contribution < 1.29 is 23.7 Å². The number of rotatable bonds is 9. The summed E-state index contributed by atoms with van der Waals surface area (Å²) < 4.78 is 23.7. The average molecular weight is 447 g/mol. The zero-order chi connectivity index (χ0) is 23.4. The van der Waals surface area contributed by atoms with Gasteiger partial charge in [0, 0.05) is 17.3 Å². The molecule has 0 unspecified atom stereocenters. The Labute approximate surface area is 191 Å². The number of fused-ring (bicyclic) bond motifs is 1. The summed E-state index contributed by atoms with van der Waals surface area (Å²) in [6.45, 7) is 0.257. The molecule has 4 aromatic rings. The molecule has 8 nitrogen and oxygen atoms in total. The van der Waals surface area contributed by atoms with E-state index in [1.807, 2.05) is 65.2 Å². The predicted molar refractivity (Wildman–Crippen MR) is 126 cm³/mol. The number of carbonyl (C=O) groups excluding carboxylic acids is 1. The molecule has 4 rings (SSSR count). The van der Waals surface area contributed by atoms with E-state index in [4.69, 9.17) is 23.9 Å². The van der Waals surface area contributed by atoms with Crippen molar-refractivity contribution in [1.82, 2.24) is 9.38 Å². The molecular weight excluding hydrogens is 422 g/mol. The van der Waals surface area contributed by atoms with Gasteiger partial charge >= 0.3 is 0 Å². The van der Waals surface area contributed by atoms with E-state index < -0.39 is 0 Å². The van der Waals surface area contributed by atoms with Gasteiger partial charge in [-0.3, -0.25) is 14.1 Å². The minimum absolute atomic E-state index is 0.257. The van der Waals surface area contributed by atoms with E-state index in [2.05, 4.69) is 0 Å². The second kappa shape index (κ2) is 9.52. The highest BCUT2D eigenvalue weighted by Gasteiger charge is 2.23. The summed E-state index contributed by atoms with van der Waals surface area (Å²) in [7, 11) is 6.33. The monoisotopic (exact) mass is 447 g/mol. The molecule has 0 saturated heterocycles. The molecule has 1 amide bonds. The number of carbonyl (C=O) groups is 1. The van der Waals surface area contributed by atoms with Gasteiger partial charge < -0.3 is 18.9 Å². The fourth-order valence-corrected chi connectivity index (χ4v) is 3.86. The maximum absolute atomic E-state index is 12.4. The fourth-order valence-electron chi connectivity index (χ4n) is 3.86. The van der Waals surface area contributed by atoms with Crippen molar-refractivity contribution in [2.24, 2.45) is 0 Å². The highest BCUT2D eigenvalue weighted by Crippen LogP contribution is 2.38. The fraction of sp³-hybridized carbons (Fsp3) is 0.200. The van der Waals surface area contributed by atoms with Crippen LogP contribution in [0.15, 0.2) is 60.8 Å². The zero-order valence-electron chi connectivity index (χ0n) is 18.9. The third-order valence-corrected chi connectivity index (χ3v) is 5.39. The smallest absolute Gasteiger partial charge is 0.215 e. The van der Waals surface area contributed by atoms with Crippen LogP contribution < -0.4 is 23.8 Å². The number of aromatic nitrogens is 2. The number of hydrogen-bond acceptors (Lipinski definition) is 6. The van der Waals surface area contributed by atoms with Gasteiger partial charge in [0.2, 0.25) is 6.41 Å². The van der Waals surface area contributed by atoms with Crippen LogP contribution in [0.1, 0.15) is 5.56 Å². The summed E-state index contributed by atoms with van der Waals surface area (Å²) in [5.41, 5.74) is 2.93. The quantitative estimate of drug-likeness (QED) is 0.358. The van der Waals surface area contributed by atoms with Gasteiger partial charge in [0.15, 0.2) is 23.0 Å². The Hall–Kier alpha value is -4.20. The first-order chi connectivity index (χ1) is 16.1. The second-order valence-electron chi connectivity index (χ2n) is 7.17. The highest BCUT2D eigenvalue weighted by molar-refractivity contribution is 5.86. The first-order valence-electron chi connectivity index (χ1n) is 10.3. The van der Waals surface area contributed by atoms with Crippen LogP contribution in [-0.2, 0) is 11.3 Å². The molecule has 8 heteroatoms. The van der Waals surface area contributed by atoms with Gasteiger partial charge in [-0.1, -0.05) is 18.2 Å². The Morgan fingerprint density at radius 1 is 0.879 bits per heavy atom. The topological polar surface area (TPSA) is 74.5 Å². The van der Waals surface area contributed by atoms with E-state index in [9.17, 15) is 4.79 Å². The van der Waals surface area contributed by atoms with Gasteiger partial charge in [-0.15, -0.1) is 0 Å². The van der Waals surface area contributed by atoms with Crippen LogP contribution in [0.2, 0.25) is 0 Å². The van der Waals surface area contributed by atoms with Crippen molar-refractivity contribution in [2.75, 3.05) is 33.3 Å². The Balaban J connectivity index is 1.87. The molecule has 0 aliphatic rings. The van der Waals surface area contributed by atoms with Crippen LogP contribution in [0.25, 0.3) is 16.9 Å². The normalized spacial score (nSPS) is 10.7. The van der Waals surface area contributed by atoms with E-state index in [0.29, 0.717) is 40.2 Å². The maximum atomic E-state index is 12.4. The lowest BCUT2D eigenvalue weighted by molar-refractivity contribution is -0.107. The van der Waals surface area contributed by atoms with Gasteiger partial charge in [-0.2, -0.15) is 0 Å². The standard InChI is InChI=1S/C25H25N3O5/c1-30-19-12-11-17(14-21(19)32-3)23-25(28-13-6-5-10-22(28)26-23)27(16-29)15-18-8-7-9-20(31-2)24(18)33-4/h5-14,16H,15H2,1-4H3. The van der Waals surface area contributed by atoms with E-state index >= 15 is 0 Å². The van der Waals surface area contributed by atoms with Gasteiger partial charge in [-0.05, 0) is 36.4 Å². The molecule has 0 saturated carbocycles. The first kappa shape index (κ1) is 22.0. The van der Waals surface area contributed by atoms with Gasteiger partial charge in [0.05, 0.1) is 35.0 Å². The Bertz CT molecular complexity index is 1280. The lowest BCUT2D eigenvalue weighted by Crippen LogP contribution is -2.23. The van der Waals surface area contributed by atoms with Crippen molar-refractivity contribution in [3.05, 3.63) is 66.4 Å². The molecule has 0 bridgehead atoms. The Kier molecular flexibility index (Phi) is 6.35. The molecule has 0 aliphatic carbocycles. The van der Waals surface area contributed by atoms with Crippen LogP contribution in [0.3, 0.4) is 0 Å². The number of pyridine rings is 1. The molecule has 0 atom stereocenters. The Morgan fingerprint density at radius 2 is 1.67 bits per heavy atom. The highest BCUT2D eigenvalue weighted by atomic mass is 16.5. The van der Waals surface area contributed by atoms with Crippen LogP contribution in [0, 0.1) is 0 Å². The summed E-state index contributed by atoms with van der Waals surface area (Å²) >= 11 is 0. The molecule has 0 radical (unpaired) electrons. The summed E-state index contributed by atoms with van der Waals surface area (Å²) in [5.74, 6) is 2.98. The lowest BCUT2D eigenvalue weighted by atomic mass is 10.1. The average Bonchev–Trinajstić information content (AvgIpc) is 3.25. The van der Waals surface area contributed by atoms with Crippen molar-refractivity contribution in [3.8, 4) is 34.3 Å². The molecule has 0 N–H and O–H groups in total. The van der Waals surface area contributed by atoms with Crippen molar-refractivity contribution >= 4 is 17.9 Å². The number of nitrogens with zero attached hydrogens (tertiary/aromatic N) is 3. The zero-order valence-corrected chi connectivity index (χ0v) is 18.9. The van der Waals surface area contributed by atoms with E-state index in [1.54, 1.807) is 33.3 Å². The van der Waals surface area contributed by atoms with E-state index in [-0.39, 0.29) is 6.54 Å². The minimum Gasteiger partial charge on any atom is -0.493 e. The number of ether oxygens (including phenoxy) is 4. The van der Waals surface area contributed by atoms with Crippen LogP contribution in [0.4, 0.5) is 5.82 Å². The van der Waals surface area contributed by atoms with Crippen molar-refractivity contribution in [3.63, 3.8) is 0 Å². The van der Waals surface area contributed by atoms with E-state index in [0.717, 1.165) is 17.5 Å². The lowest BCUT2D eigenvalue weighted by Gasteiger charge is -2.21. The van der Waals surface area contributed by atoms with Gasteiger partial charge in [0.1, 0.15) is 17.2 Å². The third kappa shape index (κ3) is 4.03. The summed E-state index contributed by atoms with van der Waals surface area (Å²) in [6.07, 6.45) is 2.67. The summed E-state index contributed by atoms with van der Waals surface area (Å²) in [4.78, 5) is 18.8. The third-order valence-electron chi connectivity index (χ3n) is 5.39. The maximum Gasteiger partial charge on any atom is 0.215 e. The van der Waals surface area contributed by atoms with Crippen molar-refractivity contribution in [1.29, 1.82) is 0 Å². The molecular formula is C25H25N3O5. The number of anilines is 1. The van der Waals surface area contributed by atoms with Crippen molar-refractivity contribution in [2.45, 2.75) is 6.54 Å². The molecule has 0 aliphatic heterocycles. The van der Waals surface area contributed by atoms with Crippen LogP contribution in [0.5, 0.6) is 23.0 Å². The number of benzene rings is 2. The molecule has 2 heterocycles. The summed E-state index contributed by atoms with van der Waals surface area (Å²) in [6, 6.07) is 16.8. The summed E-state index contributed by atoms with van der Waals surface area (Å²) in [5, 5.41) is 0. The predicted octanol–water partition coefficient (Wildman–Crippen LogP) is 4.20. The largest absolute Gasteiger partial charge is 0.493 e. The van der Waals surface area contributed by atoms with E-state index in [1.165, 1.54) is 0 Å². The number of amides is 1. The molecule has 2 aromatic carbocycles. The molecule has 0 spiro atoms. The van der Waals surface area contributed by atoms with Gasteiger partial charge in [0.25, 0.3) is 0 Å². The van der Waals surface area contributed by atoms with Gasteiger partial charge in [-0.25, -0.2) is 4.98 Å².